The van der Waals surface area contributed by atoms with Gasteiger partial charge in [-0.15, -0.1) is 0 Å². The lowest BCUT2D eigenvalue weighted by molar-refractivity contribution is -0.126. The van der Waals surface area contributed by atoms with Crippen LogP contribution in [0.5, 0.6) is 0 Å². The normalized spacial score (nSPS) is 10.3. The molecule has 90 valence electrons. The monoisotopic (exact) mass is 221 g/mol. The van der Waals surface area contributed by atoms with Gasteiger partial charge in [-0.3, -0.25) is 9.63 Å². The van der Waals surface area contributed by atoms with Crippen LogP contribution in [-0.4, -0.2) is 52.0 Å². The van der Waals surface area contributed by atoms with Gasteiger partial charge in [0.25, 0.3) is 0 Å². The maximum atomic E-state index is 10.8. The lowest BCUT2D eigenvalue weighted by Gasteiger charge is -2.06. The van der Waals surface area contributed by atoms with Crippen LogP contribution in [0, 0.1) is 0 Å². The van der Waals surface area contributed by atoms with Gasteiger partial charge in [-0.1, -0.05) is 0 Å². The fraction of sp³-hybridized carbons (Fsp3) is 0.875. The second-order valence-electron chi connectivity index (χ2n) is 2.67. The quantitative estimate of drug-likeness (QED) is 0.290. The number of ether oxygens (including phenoxy) is 2. The van der Waals surface area contributed by atoms with Crippen molar-refractivity contribution in [3.8, 4) is 0 Å². The molecule has 5 N–H and O–H groups in total. The lowest BCUT2D eigenvalue weighted by atomic mass is 10.6. The molecular weight excluding hydrogens is 202 g/mol. The molecule has 0 radical (unpaired) electrons. The molecule has 0 rings (SSSR count). The highest BCUT2D eigenvalue weighted by Crippen LogP contribution is 1.77. The van der Waals surface area contributed by atoms with Crippen molar-refractivity contribution in [2.45, 2.75) is 0 Å². The van der Waals surface area contributed by atoms with Gasteiger partial charge in [0, 0.05) is 13.1 Å². The van der Waals surface area contributed by atoms with E-state index in [1.807, 2.05) is 0 Å². The van der Waals surface area contributed by atoms with E-state index in [0.29, 0.717) is 39.5 Å². The number of hydrogen-bond acceptors (Lipinski definition) is 6. The summed E-state index contributed by atoms with van der Waals surface area (Å²) in [6.07, 6.45) is 0. The van der Waals surface area contributed by atoms with Crippen LogP contribution in [0.2, 0.25) is 0 Å². The highest BCUT2D eigenvalue weighted by Gasteiger charge is 1.98. The minimum absolute atomic E-state index is 0.139. The average Bonchev–Trinajstić information content (AvgIpc) is 2.22. The third-order valence-corrected chi connectivity index (χ3v) is 1.42. The summed E-state index contributed by atoms with van der Waals surface area (Å²) < 4.78 is 10.2. The zero-order valence-electron chi connectivity index (χ0n) is 8.74. The van der Waals surface area contributed by atoms with Crippen LogP contribution in [-0.2, 0) is 19.1 Å². The van der Waals surface area contributed by atoms with E-state index >= 15 is 0 Å². The predicted molar refractivity (Wildman–Crippen MR) is 53.8 cm³/mol. The number of hydrogen-bond donors (Lipinski definition) is 3. The Morgan fingerprint density at radius 2 is 1.80 bits per heavy atom. The minimum atomic E-state index is -0.263. The minimum Gasteiger partial charge on any atom is -0.378 e. The molecule has 0 bridgehead atoms. The Kier molecular flexibility index (Phi) is 10.8. The Morgan fingerprint density at radius 1 is 1.13 bits per heavy atom. The van der Waals surface area contributed by atoms with E-state index in [4.69, 9.17) is 21.1 Å². The Morgan fingerprint density at radius 3 is 2.40 bits per heavy atom. The molecule has 0 fully saturated rings. The average molecular weight is 221 g/mol. The van der Waals surface area contributed by atoms with E-state index in [1.54, 1.807) is 0 Å². The number of nitrogens with two attached hydrogens (primary N) is 2. The maximum absolute atomic E-state index is 10.8. The summed E-state index contributed by atoms with van der Waals surface area (Å²) in [6, 6.07) is 0. The number of carbonyl (C=O) groups is 1. The van der Waals surface area contributed by atoms with E-state index in [2.05, 4.69) is 10.2 Å². The van der Waals surface area contributed by atoms with E-state index in [0.717, 1.165) is 0 Å². The second kappa shape index (κ2) is 11.3. The first kappa shape index (κ1) is 14.3. The SMILES string of the molecule is NCCOCCOCCNC(=O)CON. The van der Waals surface area contributed by atoms with Crippen molar-refractivity contribution >= 4 is 5.91 Å². The molecule has 0 saturated carbocycles. The van der Waals surface area contributed by atoms with Gasteiger partial charge in [0.15, 0.2) is 0 Å². The van der Waals surface area contributed by atoms with Crippen molar-refractivity contribution in [1.29, 1.82) is 0 Å². The Balaban J connectivity index is 3.01. The summed E-state index contributed by atoms with van der Waals surface area (Å²) in [7, 11) is 0. The topological polar surface area (TPSA) is 109 Å². The summed E-state index contributed by atoms with van der Waals surface area (Å²) in [6.45, 7) is 2.77. The summed E-state index contributed by atoms with van der Waals surface area (Å²) in [5.41, 5.74) is 5.22. The van der Waals surface area contributed by atoms with Crippen LogP contribution in [0.3, 0.4) is 0 Å². The van der Waals surface area contributed by atoms with Crippen molar-refractivity contribution in [3.05, 3.63) is 0 Å². The smallest absolute Gasteiger partial charge is 0.248 e. The Hall–Kier alpha value is -0.730. The third kappa shape index (κ3) is 11.2. The Bertz CT molecular complexity index is 157. The van der Waals surface area contributed by atoms with Crippen molar-refractivity contribution < 1.29 is 19.1 Å². The summed E-state index contributed by atoms with van der Waals surface area (Å²) in [5, 5.41) is 2.56. The predicted octanol–water partition coefficient (Wildman–Crippen LogP) is -2.02. The maximum Gasteiger partial charge on any atom is 0.248 e. The molecule has 7 nitrogen and oxygen atoms in total. The molecule has 1 amide bonds. The standard InChI is InChI=1S/C8H19N3O4/c9-1-3-13-5-6-14-4-2-11-8(12)7-15-10/h1-7,9-10H2,(H,11,12). The van der Waals surface area contributed by atoms with Gasteiger partial charge in [0.05, 0.1) is 26.4 Å². The molecular formula is C8H19N3O4. The third-order valence-electron chi connectivity index (χ3n) is 1.42. The molecule has 15 heavy (non-hydrogen) atoms. The molecule has 0 spiro atoms. The molecule has 0 aliphatic rings. The first-order valence-corrected chi connectivity index (χ1v) is 4.75. The van der Waals surface area contributed by atoms with Gasteiger partial charge in [-0.25, -0.2) is 5.90 Å². The number of rotatable bonds is 10. The summed E-state index contributed by atoms with van der Waals surface area (Å²) in [5.74, 6) is 4.45. The van der Waals surface area contributed by atoms with Gasteiger partial charge in [-0.2, -0.15) is 0 Å². The van der Waals surface area contributed by atoms with Gasteiger partial charge in [0.2, 0.25) is 5.91 Å². The highest BCUT2D eigenvalue weighted by molar-refractivity contribution is 5.77. The van der Waals surface area contributed by atoms with Crippen LogP contribution in [0.4, 0.5) is 0 Å². The summed E-state index contributed by atoms with van der Waals surface area (Å²) >= 11 is 0. The summed E-state index contributed by atoms with van der Waals surface area (Å²) in [4.78, 5) is 14.9. The number of amides is 1. The van der Waals surface area contributed by atoms with Crippen molar-refractivity contribution in [1.82, 2.24) is 5.32 Å². The van der Waals surface area contributed by atoms with E-state index in [9.17, 15) is 4.79 Å². The zero-order valence-corrected chi connectivity index (χ0v) is 8.74. The molecule has 7 heteroatoms. The van der Waals surface area contributed by atoms with Crippen LogP contribution in [0.15, 0.2) is 0 Å². The molecule has 0 atom stereocenters. The molecule has 0 aromatic heterocycles. The molecule has 0 heterocycles. The van der Waals surface area contributed by atoms with Crippen molar-refractivity contribution in [2.75, 3.05) is 46.1 Å². The number of carbonyl (C=O) groups excluding carboxylic acids is 1. The highest BCUT2D eigenvalue weighted by atomic mass is 16.6. The largest absolute Gasteiger partial charge is 0.378 e. The van der Waals surface area contributed by atoms with Gasteiger partial charge in [0.1, 0.15) is 6.61 Å². The zero-order chi connectivity index (χ0) is 11.4. The first-order chi connectivity index (χ1) is 7.31. The fourth-order valence-corrected chi connectivity index (χ4v) is 0.795. The first-order valence-electron chi connectivity index (χ1n) is 4.75. The molecule has 0 aliphatic carbocycles. The number of nitrogens with one attached hydrogen (secondary N) is 1. The van der Waals surface area contributed by atoms with Crippen LogP contribution in [0.25, 0.3) is 0 Å². The van der Waals surface area contributed by atoms with Gasteiger partial charge >= 0.3 is 0 Å². The van der Waals surface area contributed by atoms with Gasteiger partial charge < -0.3 is 20.5 Å². The van der Waals surface area contributed by atoms with Gasteiger partial charge in [-0.05, 0) is 0 Å². The van der Waals surface area contributed by atoms with Crippen LogP contribution >= 0.6 is 0 Å². The Labute approximate surface area is 89.0 Å². The molecule has 0 saturated heterocycles. The van der Waals surface area contributed by atoms with Crippen molar-refractivity contribution in [3.63, 3.8) is 0 Å². The second-order valence-corrected chi connectivity index (χ2v) is 2.67. The molecule has 0 aromatic rings. The molecule has 0 aliphatic heterocycles. The van der Waals surface area contributed by atoms with E-state index in [1.165, 1.54) is 0 Å². The lowest BCUT2D eigenvalue weighted by Crippen LogP contribution is -2.31. The molecule has 0 unspecified atom stereocenters. The molecule has 0 aromatic carbocycles. The van der Waals surface area contributed by atoms with E-state index < -0.39 is 0 Å². The van der Waals surface area contributed by atoms with Crippen molar-refractivity contribution in [2.24, 2.45) is 11.6 Å². The fourth-order valence-electron chi connectivity index (χ4n) is 0.795. The van der Waals surface area contributed by atoms with Crippen LogP contribution < -0.4 is 16.9 Å². The van der Waals surface area contributed by atoms with Crippen LogP contribution in [0.1, 0.15) is 0 Å². The van der Waals surface area contributed by atoms with E-state index in [-0.39, 0.29) is 12.5 Å².